The normalized spacial score (nSPS) is 21.2. The second-order valence-corrected chi connectivity index (χ2v) is 13.8. The van der Waals surface area contributed by atoms with Gasteiger partial charge in [0.05, 0.1) is 5.69 Å². The first-order valence-corrected chi connectivity index (χ1v) is 16.9. The topological polar surface area (TPSA) is 125 Å². The number of nitrogens with two attached hydrogens (primary N) is 1. The van der Waals surface area contributed by atoms with E-state index in [1.54, 1.807) is 6.20 Å². The van der Waals surface area contributed by atoms with Crippen LogP contribution in [-0.2, 0) is 4.74 Å². The van der Waals surface area contributed by atoms with Crippen molar-refractivity contribution in [2.45, 2.75) is 57.5 Å². The first-order valence-electron chi connectivity index (χ1n) is 16.9. The number of nitrogens with one attached hydrogen (secondary N) is 2. The maximum Gasteiger partial charge on any atom is 0.271 e. The summed E-state index contributed by atoms with van der Waals surface area (Å²) in [5, 5.41) is 6.91. The summed E-state index contributed by atoms with van der Waals surface area (Å²) in [5.41, 5.74) is 10.9. The Hall–Kier alpha value is -3.80. The molecule has 6 heterocycles. The zero-order valence-electron chi connectivity index (χ0n) is 27.2. The maximum atomic E-state index is 12.6. The van der Waals surface area contributed by atoms with Crippen LogP contribution in [0, 0.1) is 12.3 Å². The molecule has 46 heavy (non-hydrogen) atoms. The van der Waals surface area contributed by atoms with Crippen molar-refractivity contribution in [3.63, 3.8) is 0 Å². The maximum absolute atomic E-state index is 12.6. The number of pyridine rings is 1. The molecule has 0 aliphatic carbocycles. The van der Waals surface area contributed by atoms with E-state index in [9.17, 15) is 4.79 Å². The fourth-order valence-electron chi connectivity index (χ4n) is 7.69. The highest BCUT2D eigenvalue weighted by atomic mass is 16.5. The molecular weight excluding hydrogens is 578 g/mol. The van der Waals surface area contributed by atoms with Gasteiger partial charge < -0.3 is 30.9 Å². The van der Waals surface area contributed by atoms with Crippen LogP contribution in [0.1, 0.15) is 54.6 Å². The van der Waals surface area contributed by atoms with Crippen molar-refractivity contribution in [3.8, 4) is 11.4 Å². The second kappa shape index (κ2) is 13.1. The molecule has 1 spiro atoms. The molecule has 4 saturated heterocycles. The molecule has 0 bridgehead atoms. The molecule has 11 heteroatoms. The van der Waals surface area contributed by atoms with Crippen molar-refractivity contribution in [2.75, 3.05) is 75.1 Å². The molecule has 11 nitrogen and oxygen atoms in total. The quantitative estimate of drug-likeness (QED) is 0.334. The number of nitrogens with zero attached hydrogens (tertiary/aromatic N) is 6. The van der Waals surface area contributed by atoms with E-state index < -0.39 is 5.91 Å². The summed E-state index contributed by atoms with van der Waals surface area (Å²) >= 11 is 0. The van der Waals surface area contributed by atoms with Gasteiger partial charge >= 0.3 is 0 Å². The van der Waals surface area contributed by atoms with E-state index >= 15 is 0 Å². The van der Waals surface area contributed by atoms with Gasteiger partial charge in [-0.2, -0.15) is 0 Å². The van der Waals surface area contributed by atoms with Crippen LogP contribution in [0.4, 0.5) is 23.0 Å². The van der Waals surface area contributed by atoms with Crippen LogP contribution in [0.2, 0.25) is 0 Å². The predicted molar refractivity (Wildman–Crippen MR) is 182 cm³/mol. The standard InChI is InChI=1S/C35H47N9O2/c1-24-21-26(6-7-29(24)43-15-8-27(9-16-43)44-22-35(23-44)12-17-42(2)18-13-35)39-34-31(32(36)45)40-30(28-5-3-4-14-37-28)33(41-34)38-25-10-19-46-20-11-25/h3-7,14,21,25,27H,8-13,15-20,22-23H2,1-2H3,(H2,36,45)(H2,38,39,41). The molecule has 0 radical (unpaired) electrons. The van der Waals surface area contributed by atoms with Gasteiger partial charge in [-0.3, -0.25) is 14.7 Å². The van der Waals surface area contributed by atoms with Crippen molar-refractivity contribution < 1.29 is 9.53 Å². The van der Waals surface area contributed by atoms with Crippen LogP contribution in [-0.4, -0.2) is 102 Å². The third kappa shape index (κ3) is 6.54. The van der Waals surface area contributed by atoms with Crippen LogP contribution in [0.25, 0.3) is 11.4 Å². The molecule has 244 valence electrons. The molecule has 2 aromatic heterocycles. The van der Waals surface area contributed by atoms with Crippen LogP contribution < -0.4 is 21.3 Å². The van der Waals surface area contributed by atoms with E-state index in [2.05, 4.69) is 62.5 Å². The molecule has 0 unspecified atom stereocenters. The van der Waals surface area contributed by atoms with E-state index in [1.165, 1.54) is 63.1 Å². The second-order valence-electron chi connectivity index (χ2n) is 13.8. The Kier molecular flexibility index (Phi) is 8.80. The monoisotopic (exact) mass is 625 g/mol. The largest absolute Gasteiger partial charge is 0.381 e. The van der Waals surface area contributed by atoms with Gasteiger partial charge in [0, 0.05) is 69.0 Å². The summed E-state index contributed by atoms with van der Waals surface area (Å²) in [6.07, 6.45) is 8.54. The Morgan fingerprint density at radius 3 is 2.41 bits per heavy atom. The minimum atomic E-state index is -0.648. The lowest BCUT2D eigenvalue weighted by molar-refractivity contribution is -0.0704. The van der Waals surface area contributed by atoms with Gasteiger partial charge in [-0.25, -0.2) is 9.97 Å². The summed E-state index contributed by atoms with van der Waals surface area (Å²) < 4.78 is 5.55. The highest BCUT2D eigenvalue weighted by molar-refractivity contribution is 5.97. The van der Waals surface area contributed by atoms with Gasteiger partial charge in [-0.15, -0.1) is 0 Å². The SMILES string of the molecule is Cc1cc(Nc2nc(NC3CCOCC3)c(-c3ccccn3)nc2C(N)=O)ccc1N1CCC(N2CC3(CCN(C)CC3)C2)CC1. The number of carbonyl (C=O) groups is 1. The van der Waals surface area contributed by atoms with Crippen molar-refractivity contribution in [1.29, 1.82) is 0 Å². The summed E-state index contributed by atoms with van der Waals surface area (Å²) in [6.45, 7) is 10.7. The molecule has 0 atom stereocenters. The summed E-state index contributed by atoms with van der Waals surface area (Å²) in [6, 6.07) is 12.8. The summed E-state index contributed by atoms with van der Waals surface area (Å²) in [7, 11) is 2.25. The Labute approximate surface area is 271 Å². The molecule has 0 saturated carbocycles. The van der Waals surface area contributed by atoms with E-state index in [4.69, 9.17) is 20.4 Å². The molecule has 4 fully saturated rings. The number of likely N-dealkylation sites (tertiary alicyclic amines) is 2. The number of aromatic nitrogens is 3. The number of benzene rings is 1. The predicted octanol–water partition coefficient (Wildman–Crippen LogP) is 4.28. The van der Waals surface area contributed by atoms with Crippen molar-refractivity contribution in [1.82, 2.24) is 24.8 Å². The van der Waals surface area contributed by atoms with Gasteiger partial charge in [0.15, 0.2) is 17.3 Å². The Morgan fingerprint density at radius 2 is 1.74 bits per heavy atom. The van der Waals surface area contributed by atoms with Crippen LogP contribution in [0.15, 0.2) is 42.6 Å². The highest BCUT2D eigenvalue weighted by Gasteiger charge is 2.46. The first-order chi connectivity index (χ1) is 22.4. The van der Waals surface area contributed by atoms with Crippen LogP contribution >= 0.6 is 0 Å². The zero-order valence-corrected chi connectivity index (χ0v) is 27.2. The Balaban J connectivity index is 1.05. The molecule has 7 rings (SSSR count). The minimum absolute atomic E-state index is 0.0787. The fourth-order valence-corrected chi connectivity index (χ4v) is 7.69. The smallest absolute Gasteiger partial charge is 0.271 e. The van der Waals surface area contributed by atoms with E-state index in [0.717, 1.165) is 31.6 Å². The number of anilines is 4. The number of hydrogen-bond acceptors (Lipinski definition) is 10. The molecule has 1 amide bonds. The fraction of sp³-hybridized carbons (Fsp3) is 0.543. The molecule has 4 aliphatic heterocycles. The van der Waals surface area contributed by atoms with Gasteiger partial charge in [0.25, 0.3) is 5.91 Å². The van der Waals surface area contributed by atoms with E-state index in [1.807, 2.05) is 18.2 Å². The number of carbonyl (C=O) groups excluding carboxylic acids is 1. The van der Waals surface area contributed by atoms with E-state index in [-0.39, 0.29) is 11.7 Å². The van der Waals surface area contributed by atoms with Crippen LogP contribution in [0.5, 0.6) is 0 Å². The lowest BCUT2D eigenvalue weighted by atomic mass is 9.71. The minimum Gasteiger partial charge on any atom is -0.381 e. The number of amides is 1. The lowest BCUT2D eigenvalue weighted by Crippen LogP contribution is -2.63. The first kappa shape index (κ1) is 30.8. The van der Waals surface area contributed by atoms with Gasteiger partial charge in [-0.1, -0.05) is 6.07 Å². The van der Waals surface area contributed by atoms with Gasteiger partial charge in [0.2, 0.25) is 0 Å². The van der Waals surface area contributed by atoms with E-state index in [0.29, 0.717) is 47.7 Å². The molecule has 3 aromatic rings. The van der Waals surface area contributed by atoms with Crippen molar-refractivity contribution in [3.05, 3.63) is 53.9 Å². The highest BCUT2D eigenvalue weighted by Crippen LogP contribution is 2.43. The van der Waals surface area contributed by atoms with Crippen LogP contribution in [0.3, 0.4) is 0 Å². The van der Waals surface area contributed by atoms with Crippen molar-refractivity contribution in [2.24, 2.45) is 11.1 Å². The average Bonchev–Trinajstić information content (AvgIpc) is 3.05. The molecule has 1 aromatic carbocycles. The number of primary amides is 1. The number of rotatable bonds is 8. The zero-order chi connectivity index (χ0) is 31.7. The summed E-state index contributed by atoms with van der Waals surface area (Å²) in [4.78, 5) is 34.5. The molecule has 4 N–H and O–H groups in total. The Bertz CT molecular complexity index is 1520. The van der Waals surface area contributed by atoms with Crippen molar-refractivity contribution >= 4 is 28.9 Å². The number of hydrogen-bond donors (Lipinski definition) is 3. The Morgan fingerprint density at radius 1 is 0.978 bits per heavy atom. The third-order valence-corrected chi connectivity index (χ3v) is 10.5. The number of piperidine rings is 2. The average molecular weight is 626 g/mol. The summed E-state index contributed by atoms with van der Waals surface area (Å²) in [5.74, 6) is 0.245. The lowest BCUT2D eigenvalue weighted by Gasteiger charge is -2.57. The molecule has 4 aliphatic rings. The molecular formula is C35H47N9O2. The van der Waals surface area contributed by atoms with Gasteiger partial charge in [0.1, 0.15) is 5.69 Å². The number of aryl methyl sites for hydroxylation is 1. The number of ether oxygens (including phenoxy) is 1. The third-order valence-electron chi connectivity index (χ3n) is 10.5. The van der Waals surface area contributed by atoms with Gasteiger partial charge in [-0.05, 0) is 107 Å².